The highest BCUT2D eigenvalue weighted by molar-refractivity contribution is 5.84. The van der Waals surface area contributed by atoms with Gasteiger partial charge in [-0.3, -0.25) is 9.59 Å². The van der Waals surface area contributed by atoms with E-state index in [0.717, 1.165) is 25.0 Å². The summed E-state index contributed by atoms with van der Waals surface area (Å²) in [5.74, 6) is -0.618. The second-order valence-corrected chi connectivity index (χ2v) is 7.21. The van der Waals surface area contributed by atoms with Crippen LogP contribution in [0, 0.1) is 11.8 Å². The van der Waals surface area contributed by atoms with Gasteiger partial charge in [0.2, 0.25) is 11.8 Å². The van der Waals surface area contributed by atoms with E-state index in [2.05, 4.69) is 11.9 Å². The van der Waals surface area contributed by atoms with E-state index in [9.17, 15) is 22.8 Å². The highest BCUT2D eigenvalue weighted by Gasteiger charge is 2.41. The van der Waals surface area contributed by atoms with Gasteiger partial charge in [0.25, 0.3) is 0 Å². The Balaban J connectivity index is 1.83. The third-order valence-electron chi connectivity index (χ3n) is 5.18. The largest absolute Gasteiger partial charge is 0.416 e. The van der Waals surface area contributed by atoms with E-state index in [-0.39, 0.29) is 30.2 Å². The molecule has 146 valence electrons. The molecule has 7 heteroatoms. The third-order valence-corrected chi connectivity index (χ3v) is 5.18. The molecule has 3 rings (SSSR count). The van der Waals surface area contributed by atoms with Crippen LogP contribution in [0.5, 0.6) is 0 Å². The Labute approximate surface area is 156 Å². The number of hydrogen-bond donors (Lipinski definition) is 1. The lowest BCUT2D eigenvalue weighted by Gasteiger charge is -2.40. The Kier molecular flexibility index (Phi) is 5.58. The Morgan fingerprint density at radius 2 is 1.89 bits per heavy atom. The van der Waals surface area contributed by atoms with Crippen molar-refractivity contribution in [2.75, 3.05) is 13.1 Å². The van der Waals surface area contributed by atoms with Gasteiger partial charge in [0.15, 0.2) is 0 Å². The minimum absolute atomic E-state index is 0.0568. The molecular formula is C20H23F3N2O2. The molecule has 0 aromatic heterocycles. The fourth-order valence-corrected chi connectivity index (χ4v) is 3.58. The quantitative estimate of drug-likeness (QED) is 0.792. The van der Waals surface area contributed by atoms with Gasteiger partial charge in [-0.1, -0.05) is 18.2 Å². The first-order valence-corrected chi connectivity index (χ1v) is 9.17. The number of likely N-dealkylation sites (tertiary alicyclic amines) is 1. The number of alkyl halides is 3. The lowest BCUT2D eigenvalue weighted by molar-refractivity contribution is -0.140. The van der Waals surface area contributed by atoms with E-state index < -0.39 is 17.8 Å². The molecule has 0 spiro atoms. The van der Waals surface area contributed by atoms with Crippen molar-refractivity contribution in [1.82, 2.24) is 10.2 Å². The van der Waals surface area contributed by atoms with Crippen LogP contribution in [0.4, 0.5) is 13.2 Å². The lowest BCUT2D eigenvalue weighted by Crippen LogP contribution is -2.47. The summed E-state index contributed by atoms with van der Waals surface area (Å²) in [6.45, 7) is 4.15. The zero-order valence-electron chi connectivity index (χ0n) is 15.0. The molecule has 1 aliphatic carbocycles. The maximum Gasteiger partial charge on any atom is 0.416 e. The van der Waals surface area contributed by atoms with Crippen molar-refractivity contribution in [3.8, 4) is 0 Å². The van der Waals surface area contributed by atoms with Crippen LogP contribution in [-0.4, -0.2) is 29.8 Å². The average molecular weight is 380 g/mol. The molecule has 1 N–H and O–H groups in total. The molecule has 0 radical (unpaired) electrons. The van der Waals surface area contributed by atoms with Gasteiger partial charge in [0, 0.05) is 19.0 Å². The van der Waals surface area contributed by atoms with Crippen LogP contribution < -0.4 is 5.32 Å². The number of hydrogen-bond acceptors (Lipinski definition) is 2. The summed E-state index contributed by atoms with van der Waals surface area (Å²) in [6, 6.07) is 4.73. The van der Waals surface area contributed by atoms with E-state index >= 15 is 0 Å². The van der Waals surface area contributed by atoms with E-state index in [1.165, 1.54) is 6.07 Å². The van der Waals surface area contributed by atoms with Crippen LogP contribution in [0.2, 0.25) is 0 Å². The van der Waals surface area contributed by atoms with Gasteiger partial charge in [-0.25, -0.2) is 0 Å². The number of benzene rings is 1. The summed E-state index contributed by atoms with van der Waals surface area (Å²) in [5, 5.41) is 2.75. The van der Waals surface area contributed by atoms with Crippen LogP contribution >= 0.6 is 0 Å². The SMILES string of the molecule is C=CCNC(=O)[C@@H]1CC[C@@H](c2cccc(C(F)(F)F)c2)N(C(=O)C2CC2)C1. The van der Waals surface area contributed by atoms with Gasteiger partial charge in [-0.2, -0.15) is 13.2 Å². The summed E-state index contributed by atoms with van der Waals surface area (Å²) in [5.41, 5.74) is -0.242. The smallest absolute Gasteiger partial charge is 0.352 e. The van der Waals surface area contributed by atoms with E-state index in [0.29, 0.717) is 24.9 Å². The number of carbonyl (C=O) groups is 2. The fourth-order valence-electron chi connectivity index (χ4n) is 3.58. The van der Waals surface area contributed by atoms with E-state index in [4.69, 9.17) is 0 Å². The first-order chi connectivity index (χ1) is 12.8. The molecule has 1 heterocycles. The number of piperidine rings is 1. The van der Waals surface area contributed by atoms with Gasteiger partial charge in [0.1, 0.15) is 0 Å². The third kappa shape index (κ3) is 4.51. The maximum atomic E-state index is 13.1. The standard InChI is InChI=1S/C20H23F3N2O2/c1-2-10-24-18(26)15-8-9-17(25(12-15)19(27)13-6-7-13)14-4-3-5-16(11-14)20(21,22)23/h2-5,11,13,15,17H,1,6-10,12H2,(H,24,26)/t15-,17+/m1/s1. The highest BCUT2D eigenvalue weighted by atomic mass is 19.4. The second-order valence-electron chi connectivity index (χ2n) is 7.21. The number of nitrogens with zero attached hydrogens (tertiary/aromatic N) is 1. The summed E-state index contributed by atoms with van der Waals surface area (Å²) < 4.78 is 39.2. The summed E-state index contributed by atoms with van der Waals surface area (Å²) in [7, 11) is 0. The predicted molar refractivity (Wildman–Crippen MR) is 94.6 cm³/mol. The number of nitrogens with one attached hydrogen (secondary N) is 1. The Morgan fingerprint density at radius 3 is 2.52 bits per heavy atom. The highest BCUT2D eigenvalue weighted by Crippen LogP contribution is 2.40. The molecule has 4 nitrogen and oxygen atoms in total. The second kappa shape index (κ2) is 7.74. The molecule has 1 saturated carbocycles. The molecule has 2 atom stereocenters. The van der Waals surface area contributed by atoms with Crippen molar-refractivity contribution in [1.29, 1.82) is 0 Å². The van der Waals surface area contributed by atoms with E-state index in [1.54, 1.807) is 17.0 Å². The molecular weight excluding hydrogens is 357 g/mol. The zero-order chi connectivity index (χ0) is 19.6. The first kappa shape index (κ1) is 19.5. The maximum absolute atomic E-state index is 13.1. The van der Waals surface area contributed by atoms with Crippen LogP contribution in [-0.2, 0) is 15.8 Å². The van der Waals surface area contributed by atoms with Gasteiger partial charge in [-0.05, 0) is 43.4 Å². The van der Waals surface area contributed by atoms with E-state index in [1.807, 2.05) is 0 Å². The van der Waals surface area contributed by atoms with Crippen LogP contribution in [0.15, 0.2) is 36.9 Å². The fraction of sp³-hybridized carbons (Fsp3) is 0.500. The van der Waals surface area contributed by atoms with Crippen molar-refractivity contribution >= 4 is 11.8 Å². The van der Waals surface area contributed by atoms with Crippen molar-refractivity contribution < 1.29 is 22.8 Å². The molecule has 0 bridgehead atoms. The van der Waals surface area contributed by atoms with Gasteiger partial charge in [0.05, 0.1) is 17.5 Å². The Hall–Kier alpha value is -2.31. The minimum atomic E-state index is -4.43. The van der Waals surface area contributed by atoms with Gasteiger partial charge < -0.3 is 10.2 Å². The number of halogens is 3. The summed E-state index contributed by atoms with van der Waals surface area (Å²) in [6.07, 6.45) is -0.247. The van der Waals surface area contributed by atoms with Crippen molar-refractivity contribution in [2.24, 2.45) is 11.8 Å². The minimum Gasteiger partial charge on any atom is -0.352 e. The number of rotatable bonds is 5. The van der Waals surface area contributed by atoms with Crippen LogP contribution in [0.25, 0.3) is 0 Å². The topological polar surface area (TPSA) is 49.4 Å². The van der Waals surface area contributed by atoms with Gasteiger partial charge in [-0.15, -0.1) is 6.58 Å². The molecule has 2 amide bonds. The predicted octanol–water partition coefficient (Wildman–Crippen LogP) is 3.70. The van der Waals surface area contributed by atoms with Gasteiger partial charge >= 0.3 is 6.18 Å². The Morgan fingerprint density at radius 1 is 1.19 bits per heavy atom. The van der Waals surface area contributed by atoms with Crippen LogP contribution in [0.1, 0.15) is 42.9 Å². The van der Waals surface area contributed by atoms with Crippen LogP contribution in [0.3, 0.4) is 0 Å². The van der Waals surface area contributed by atoms with Crippen molar-refractivity contribution in [2.45, 2.75) is 37.9 Å². The lowest BCUT2D eigenvalue weighted by atomic mass is 9.87. The normalized spacial score (nSPS) is 23.0. The first-order valence-electron chi connectivity index (χ1n) is 9.17. The monoisotopic (exact) mass is 380 g/mol. The molecule has 2 fully saturated rings. The molecule has 0 unspecified atom stereocenters. The molecule has 1 aromatic rings. The number of amides is 2. The number of carbonyl (C=O) groups excluding carboxylic acids is 2. The molecule has 2 aliphatic rings. The molecule has 27 heavy (non-hydrogen) atoms. The molecule has 1 saturated heterocycles. The van der Waals surface area contributed by atoms with Crippen molar-refractivity contribution in [3.05, 3.63) is 48.0 Å². The molecule has 1 aliphatic heterocycles. The summed E-state index contributed by atoms with van der Waals surface area (Å²) in [4.78, 5) is 26.7. The molecule has 1 aromatic carbocycles. The average Bonchev–Trinajstić information content (AvgIpc) is 3.49. The Bertz CT molecular complexity index is 728. The summed E-state index contributed by atoms with van der Waals surface area (Å²) >= 11 is 0. The zero-order valence-corrected chi connectivity index (χ0v) is 15.0. The van der Waals surface area contributed by atoms with Crippen molar-refractivity contribution in [3.63, 3.8) is 0 Å².